The van der Waals surface area contributed by atoms with Gasteiger partial charge in [0.05, 0.1) is 0 Å². The number of aliphatic hydroxyl groups is 1. The first-order valence-corrected chi connectivity index (χ1v) is 4.28. The van der Waals surface area contributed by atoms with E-state index >= 15 is 0 Å². The van der Waals surface area contributed by atoms with Crippen LogP contribution in [0.15, 0.2) is 0 Å². The molecule has 0 aliphatic carbocycles. The quantitative estimate of drug-likeness (QED) is 0.501. The first kappa shape index (κ1) is 7.75. The number of likely N-dealkylation sites (tertiary alicyclic amines) is 1. The molecule has 0 bridgehead atoms. The van der Waals surface area contributed by atoms with Crippen molar-refractivity contribution >= 4 is 22.6 Å². The van der Waals surface area contributed by atoms with Crippen LogP contribution in [-0.4, -0.2) is 33.8 Å². The summed E-state index contributed by atoms with van der Waals surface area (Å²) in [5, 5.41) is 9.45. The summed E-state index contributed by atoms with van der Waals surface area (Å²) < 4.78 is -0.412. The molecule has 1 rings (SSSR count). The lowest BCUT2D eigenvalue weighted by Crippen LogP contribution is -2.38. The fourth-order valence-electron chi connectivity index (χ4n) is 0.961. The van der Waals surface area contributed by atoms with Crippen molar-refractivity contribution in [1.82, 2.24) is 4.90 Å². The minimum atomic E-state index is -0.412. The number of halogens is 1. The number of hydrogen-bond donors (Lipinski definition) is 1. The molecular weight excluding hydrogens is 229 g/mol. The molecule has 0 saturated carbocycles. The van der Waals surface area contributed by atoms with Crippen LogP contribution in [-0.2, 0) is 0 Å². The van der Waals surface area contributed by atoms with E-state index in [9.17, 15) is 5.11 Å². The van der Waals surface area contributed by atoms with Crippen LogP contribution < -0.4 is 0 Å². The summed E-state index contributed by atoms with van der Waals surface area (Å²) >= 11 is 2.13. The zero-order valence-electron chi connectivity index (χ0n) is 5.60. The topological polar surface area (TPSA) is 23.5 Å². The SMILES string of the molecule is CN1CCC(O)(I)CC1. The lowest BCUT2D eigenvalue weighted by molar-refractivity contribution is 0.0793. The molecule has 2 nitrogen and oxygen atoms in total. The molecule has 1 fully saturated rings. The van der Waals surface area contributed by atoms with Crippen molar-refractivity contribution in [3.63, 3.8) is 0 Å². The molecule has 0 aromatic rings. The van der Waals surface area contributed by atoms with E-state index in [2.05, 4.69) is 34.5 Å². The van der Waals surface area contributed by atoms with Crippen LogP contribution in [0.25, 0.3) is 0 Å². The highest BCUT2D eigenvalue weighted by molar-refractivity contribution is 14.1. The Morgan fingerprint density at radius 3 is 2.22 bits per heavy atom. The van der Waals surface area contributed by atoms with Gasteiger partial charge in [0, 0.05) is 13.1 Å². The van der Waals surface area contributed by atoms with Gasteiger partial charge in [-0.3, -0.25) is 0 Å². The minimum Gasteiger partial charge on any atom is -0.380 e. The molecule has 1 saturated heterocycles. The van der Waals surface area contributed by atoms with Gasteiger partial charge in [-0.1, -0.05) is 0 Å². The molecule has 3 heteroatoms. The first-order valence-electron chi connectivity index (χ1n) is 3.20. The Morgan fingerprint density at radius 1 is 1.44 bits per heavy atom. The predicted octanol–water partition coefficient (Wildman–Crippen LogP) is 0.836. The second kappa shape index (κ2) is 2.72. The van der Waals surface area contributed by atoms with Crippen LogP contribution in [0.5, 0.6) is 0 Å². The molecule has 0 aromatic heterocycles. The number of piperidine rings is 1. The van der Waals surface area contributed by atoms with E-state index in [-0.39, 0.29) is 0 Å². The number of rotatable bonds is 0. The Hall–Kier alpha value is 0.650. The van der Waals surface area contributed by atoms with E-state index in [1.54, 1.807) is 0 Å². The summed E-state index contributed by atoms with van der Waals surface area (Å²) in [7, 11) is 2.09. The molecule has 0 unspecified atom stereocenters. The summed E-state index contributed by atoms with van der Waals surface area (Å²) in [5.41, 5.74) is 0. The van der Waals surface area contributed by atoms with Crippen molar-refractivity contribution < 1.29 is 5.11 Å². The Labute approximate surface area is 69.4 Å². The Kier molecular flexibility index (Phi) is 2.34. The van der Waals surface area contributed by atoms with Crippen LogP contribution in [0.1, 0.15) is 12.8 Å². The number of hydrogen-bond acceptors (Lipinski definition) is 2. The molecule has 9 heavy (non-hydrogen) atoms. The Morgan fingerprint density at radius 2 is 1.89 bits per heavy atom. The van der Waals surface area contributed by atoms with Gasteiger partial charge in [0.2, 0.25) is 0 Å². The van der Waals surface area contributed by atoms with Crippen molar-refractivity contribution in [2.45, 2.75) is 16.4 Å². The molecule has 1 N–H and O–H groups in total. The summed E-state index contributed by atoms with van der Waals surface area (Å²) in [5.74, 6) is 0. The van der Waals surface area contributed by atoms with Crippen molar-refractivity contribution in [1.29, 1.82) is 0 Å². The van der Waals surface area contributed by atoms with Crippen LogP contribution >= 0.6 is 22.6 Å². The van der Waals surface area contributed by atoms with Gasteiger partial charge >= 0.3 is 0 Å². The third kappa shape index (κ3) is 2.39. The maximum atomic E-state index is 9.45. The second-order valence-corrected chi connectivity index (χ2v) is 4.73. The zero-order valence-corrected chi connectivity index (χ0v) is 7.76. The van der Waals surface area contributed by atoms with Gasteiger partial charge in [-0.2, -0.15) is 0 Å². The molecule has 0 aromatic carbocycles. The number of alkyl halides is 1. The van der Waals surface area contributed by atoms with Crippen molar-refractivity contribution in [3.05, 3.63) is 0 Å². The van der Waals surface area contributed by atoms with Crippen molar-refractivity contribution in [3.8, 4) is 0 Å². The van der Waals surface area contributed by atoms with E-state index in [1.807, 2.05) is 0 Å². The minimum absolute atomic E-state index is 0.412. The highest BCUT2D eigenvalue weighted by Gasteiger charge is 2.26. The van der Waals surface area contributed by atoms with Gasteiger partial charge in [-0.15, -0.1) is 0 Å². The van der Waals surface area contributed by atoms with Crippen LogP contribution in [0.4, 0.5) is 0 Å². The summed E-state index contributed by atoms with van der Waals surface area (Å²) in [6, 6.07) is 0. The number of nitrogens with zero attached hydrogens (tertiary/aromatic N) is 1. The smallest absolute Gasteiger partial charge is 0.118 e. The largest absolute Gasteiger partial charge is 0.380 e. The monoisotopic (exact) mass is 241 g/mol. The van der Waals surface area contributed by atoms with E-state index in [0.717, 1.165) is 25.9 Å². The zero-order chi connectivity index (χ0) is 6.91. The van der Waals surface area contributed by atoms with Crippen LogP contribution in [0.3, 0.4) is 0 Å². The van der Waals surface area contributed by atoms with Gasteiger partial charge in [0.25, 0.3) is 0 Å². The maximum Gasteiger partial charge on any atom is 0.118 e. The Balaban J connectivity index is 2.35. The molecule has 0 atom stereocenters. The summed E-state index contributed by atoms with van der Waals surface area (Å²) in [4.78, 5) is 2.24. The summed E-state index contributed by atoms with van der Waals surface area (Å²) in [6.45, 7) is 2.05. The molecular formula is C6H12INO. The second-order valence-electron chi connectivity index (χ2n) is 2.72. The average molecular weight is 241 g/mol. The first-order chi connectivity index (χ1) is 4.10. The van der Waals surface area contributed by atoms with E-state index in [0.29, 0.717) is 0 Å². The van der Waals surface area contributed by atoms with Crippen LogP contribution in [0, 0.1) is 0 Å². The third-order valence-electron chi connectivity index (χ3n) is 1.75. The molecule has 1 heterocycles. The van der Waals surface area contributed by atoms with Crippen molar-refractivity contribution in [2.75, 3.05) is 20.1 Å². The van der Waals surface area contributed by atoms with Crippen LogP contribution in [0.2, 0.25) is 0 Å². The van der Waals surface area contributed by atoms with Gasteiger partial charge in [0.15, 0.2) is 0 Å². The predicted molar refractivity (Wildman–Crippen MR) is 45.7 cm³/mol. The highest BCUT2D eigenvalue weighted by atomic mass is 127. The molecule has 0 amide bonds. The van der Waals surface area contributed by atoms with E-state index in [1.165, 1.54) is 0 Å². The average Bonchev–Trinajstić information content (AvgIpc) is 1.78. The Bertz CT molecular complexity index is 95.2. The van der Waals surface area contributed by atoms with E-state index in [4.69, 9.17) is 0 Å². The summed E-state index contributed by atoms with van der Waals surface area (Å²) in [6.07, 6.45) is 1.81. The van der Waals surface area contributed by atoms with Gasteiger partial charge in [-0.25, -0.2) is 0 Å². The molecule has 1 aliphatic heterocycles. The fraction of sp³-hybridized carbons (Fsp3) is 1.00. The lowest BCUT2D eigenvalue weighted by atomic mass is 10.1. The highest BCUT2D eigenvalue weighted by Crippen LogP contribution is 2.27. The molecule has 1 aliphatic rings. The van der Waals surface area contributed by atoms with E-state index < -0.39 is 3.61 Å². The van der Waals surface area contributed by atoms with Crippen molar-refractivity contribution in [2.24, 2.45) is 0 Å². The maximum absolute atomic E-state index is 9.45. The van der Waals surface area contributed by atoms with Gasteiger partial charge in [-0.05, 0) is 42.5 Å². The van der Waals surface area contributed by atoms with Gasteiger partial charge in [0.1, 0.15) is 3.61 Å². The molecule has 0 spiro atoms. The fourth-order valence-corrected chi connectivity index (χ4v) is 1.44. The normalized spacial score (nSPS) is 28.3. The molecule has 0 radical (unpaired) electrons. The van der Waals surface area contributed by atoms with Gasteiger partial charge < -0.3 is 10.0 Å². The lowest BCUT2D eigenvalue weighted by Gasteiger charge is -2.31. The standard InChI is InChI=1S/C6H12INO/c1-8-4-2-6(7,9)3-5-8/h9H,2-5H2,1H3. The third-order valence-corrected chi connectivity index (χ3v) is 2.83. The molecule has 54 valence electrons.